The number of benzene rings is 1. The molecule has 16 heavy (non-hydrogen) atoms. The Morgan fingerprint density at radius 1 is 1.38 bits per heavy atom. The number of aryl methyl sites for hydroxylation is 1. The van der Waals surface area contributed by atoms with Crippen molar-refractivity contribution in [3.63, 3.8) is 0 Å². The van der Waals surface area contributed by atoms with Gasteiger partial charge in [0.05, 0.1) is 0 Å². The van der Waals surface area contributed by atoms with Crippen molar-refractivity contribution in [2.45, 2.75) is 13.3 Å². The van der Waals surface area contributed by atoms with Crippen LogP contribution in [-0.4, -0.2) is 18.9 Å². The highest BCUT2D eigenvalue weighted by atomic mass is 127. The highest BCUT2D eigenvalue weighted by Gasteiger charge is 2.00. The summed E-state index contributed by atoms with van der Waals surface area (Å²) in [5.74, 6) is -0.000784. The maximum atomic E-state index is 11.8. The van der Waals surface area contributed by atoms with Crippen molar-refractivity contribution in [3.05, 3.63) is 29.8 Å². The smallest absolute Gasteiger partial charge is 0.257 e. The number of aliphatic imine (C=N–C) groups is 1. The zero-order chi connectivity index (χ0) is 11.3. The predicted octanol–water partition coefficient (Wildman–Crippen LogP) is 2.60. The Morgan fingerprint density at radius 3 is 2.44 bits per heavy atom. The third-order valence-corrected chi connectivity index (χ3v) is 1.72. The minimum absolute atomic E-state index is 0. The molecule has 0 radical (unpaired) electrons. The third kappa shape index (κ3) is 5.84. The molecule has 1 aromatic rings. The maximum Gasteiger partial charge on any atom is 0.257 e. The second-order valence-electron chi connectivity index (χ2n) is 3.11. The van der Waals surface area contributed by atoms with E-state index in [0.29, 0.717) is 0 Å². The minimum atomic E-state index is -2.47. The molecule has 0 heterocycles. The first-order valence-corrected chi connectivity index (χ1v) is 4.49. The van der Waals surface area contributed by atoms with Crippen molar-refractivity contribution in [2.24, 2.45) is 10.7 Å². The molecule has 0 aliphatic rings. The largest absolute Gasteiger partial charge is 0.370 e. The van der Waals surface area contributed by atoms with Crippen LogP contribution < -0.4 is 11.1 Å². The Balaban J connectivity index is 0.00000225. The molecule has 3 N–H and O–H groups in total. The van der Waals surface area contributed by atoms with Gasteiger partial charge in [0.2, 0.25) is 0 Å². The Hall–Kier alpha value is -0.920. The second kappa shape index (κ2) is 7.37. The molecule has 0 aromatic heterocycles. The van der Waals surface area contributed by atoms with Gasteiger partial charge in [-0.1, -0.05) is 17.7 Å². The van der Waals surface area contributed by atoms with Crippen molar-refractivity contribution < 1.29 is 8.78 Å². The first-order valence-electron chi connectivity index (χ1n) is 4.49. The minimum Gasteiger partial charge on any atom is -0.370 e. The van der Waals surface area contributed by atoms with Gasteiger partial charge in [-0.25, -0.2) is 13.8 Å². The van der Waals surface area contributed by atoms with Gasteiger partial charge in [0, 0.05) is 5.69 Å². The predicted molar refractivity (Wildman–Crippen MR) is 72.7 cm³/mol. The van der Waals surface area contributed by atoms with Crippen LogP contribution in [0.25, 0.3) is 0 Å². The molecule has 0 saturated carbocycles. The standard InChI is InChI=1S/C10H13F2N3.HI/c1-7-2-4-8(5-3-7)15-10(13)14-6-9(11)12;/h2-5,9H,6H2,1H3,(H3,13,14,15);1H. The normalized spacial score (nSPS) is 11.1. The van der Waals surface area contributed by atoms with Gasteiger partial charge >= 0.3 is 0 Å². The average molecular weight is 341 g/mol. The Morgan fingerprint density at radius 2 is 1.94 bits per heavy atom. The Kier molecular flexibility index (Phi) is 6.95. The van der Waals surface area contributed by atoms with Gasteiger partial charge in [0.1, 0.15) is 6.54 Å². The topological polar surface area (TPSA) is 50.4 Å². The molecule has 0 aliphatic heterocycles. The van der Waals surface area contributed by atoms with Crippen LogP contribution in [0.1, 0.15) is 5.56 Å². The molecule has 90 valence electrons. The van der Waals surface area contributed by atoms with Gasteiger partial charge in [0.25, 0.3) is 6.43 Å². The molecule has 0 saturated heterocycles. The lowest BCUT2D eigenvalue weighted by Gasteiger charge is -2.05. The zero-order valence-corrected chi connectivity index (χ0v) is 11.1. The summed E-state index contributed by atoms with van der Waals surface area (Å²) in [6.07, 6.45) is -2.47. The fraction of sp³-hybridized carbons (Fsp3) is 0.300. The summed E-state index contributed by atoms with van der Waals surface area (Å²) in [6, 6.07) is 7.39. The summed E-state index contributed by atoms with van der Waals surface area (Å²) in [6.45, 7) is 1.38. The van der Waals surface area contributed by atoms with Crippen LogP contribution in [0.4, 0.5) is 14.5 Å². The fourth-order valence-electron chi connectivity index (χ4n) is 0.992. The van der Waals surface area contributed by atoms with E-state index in [9.17, 15) is 8.78 Å². The third-order valence-electron chi connectivity index (χ3n) is 1.72. The van der Waals surface area contributed by atoms with Crippen LogP contribution in [0.3, 0.4) is 0 Å². The first kappa shape index (κ1) is 15.1. The molecule has 1 aromatic carbocycles. The number of halogens is 3. The van der Waals surface area contributed by atoms with Crippen LogP contribution in [-0.2, 0) is 0 Å². The molecule has 0 aliphatic carbocycles. The molecule has 0 spiro atoms. The lowest BCUT2D eigenvalue weighted by Crippen LogP contribution is -2.23. The van der Waals surface area contributed by atoms with Gasteiger partial charge in [-0.3, -0.25) is 0 Å². The molecule has 6 heteroatoms. The summed E-state index contributed by atoms with van der Waals surface area (Å²) in [7, 11) is 0. The van der Waals surface area contributed by atoms with E-state index in [0.717, 1.165) is 11.3 Å². The van der Waals surface area contributed by atoms with E-state index < -0.39 is 13.0 Å². The van der Waals surface area contributed by atoms with Crippen molar-refractivity contribution in [1.29, 1.82) is 0 Å². The summed E-state index contributed by atoms with van der Waals surface area (Å²) in [5.41, 5.74) is 7.24. The van der Waals surface area contributed by atoms with E-state index in [-0.39, 0.29) is 29.9 Å². The number of nitrogens with one attached hydrogen (secondary N) is 1. The van der Waals surface area contributed by atoms with Crippen molar-refractivity contribution >= 4 is 35.6 Å². The van der Waals surface area contributed by atoms with Gasteiger partial charge < -0.3 is 11.1 Å². The summed E-state index contributed by atoms with van der Waals surface area (Å²) < 4.78 is 23.6. The van der Waals surface area contributed by atoms with Gasteiger partial charge in [-0.05, 0) is 19.1 Å². The highest BCUT2D eigenvalue weighted by molar-refractivity contribution is 14.0. The van der Waals surface area contributed by atoms with E-state index in [4.69, 9.17) is 5.73 Å². The van der Waals surface area contributed by atoms with Crippen LogP contribution in [0.15, 0.2) is 29.3 Å². The van der Waals surface area contributed by atoms with Gasteiger partial charge in [0.15, 0.2) is 5.96 Å². The van der Waals surface area contributed by atoms with Gasteiger partial charge in [-0.2, -0.15) is 0 Å². The Labute approximate surface area is 110 Å². The summed E-state index contributed by atoms with van der Waals surface area (Å²) in [4.78, 5) is 3.47. The van der Waals surface area contributed by atoms with Gasteiger partial charge in [-0.15, -0.1) is 24.0 Å². The molecule has 0 amide bonds. The number of hydrogen-bond donors (Lipinski definition) is 2. The Bertz CT molecular complexity index is 338. The summed E-state index contributed by atoms with van der Waals surface area (Å²) >= 11 is 0. The quantitative estimate of drug-likeness (QED) is 0.505. The molecular weight excluding hydrogens is 327 g/mol. The highest BCUT2D eigenvalue weighted by Crippen LogP contribution is 2.07. The fourth-order valence-corrected chi connectivity index (χ4v) is 0.992. The van der Waals surface area contributed by atoms with Crippen molar-refractivity contribution in [1.82, 2.24) is 0 Å². The van der Waals surface area contributed by atoms with Crippen molar-refractivity contribution in [3.8, 4) is 0 Å². The van der Waals surface area contributed by atoms with E-state index in [1.54, 1.807) is 12.1 Å². The molecule has 3 nitrogen and oxygen atoms in total. The average Bonchev–Trinajstić information content (AvgIpc) is 2.19. The number of rotatable bonds is 3. The molecule has 1 rings (SSSR count). The first-order chi connectivity index (χ1) is 7.08. The number of hydrogen-bond acceptors (Lipinski definition) is 1. The SMILES string of the molecule is Cc1ccc(NC(N)=NCC(F)F)cc1.I. The molecule has 0 unspecified atom stereocenters. The number of anilines is 1. The number of alkyl halides is 2. The lowest BCUT2D eigenvalue weighted by atomic mass is 10.2. The number of nitrogens with zero attached hydrogens (tertiary/aromatic N) is 1. The van der Waals surface area contributed by atoms with E-state index in [1.165, 1.54) is 0 Å². The monoisotopic (exact) mass is 341 g/mol. The second-order valence-corrected chi connectivity index (χ2v) is 3.11. The molecule has 0 bridgehead atoms. The molecular formula is C10H14F2IN3. The van der Waals surface area contributed by atoms with Crippen molar-refractivity contribution in [2.75, 3.05) is 11.9 Å². The summed E-state index contributed by atoms with van der Waals surface area (Å²) in [5, 5.41) is 2.72. The van der Waals surface area contributed by atoms with Crippen LogP contribution in [0, 0.1) is 6.92 Å². The van der Waals surface area contributed by atoms with Crippen LogP contribution in [0.5, 0.6) is 0 Å². The molecule has 0 atom stereocenters. The zero-order valence-electron chi connectivity index (χ0n) is 8.78. The number of nitrogens with two attached hydrogens (primary N) is 1. The number of guanidine groups is 1. The van der Waals surface area contributed by atoms with Crippen LogP contribution in [0.2, 0.25) is 0 Å². The van der Waals surface area contributed by atoms with Crippen LogP contribution >= 0.6 is 24.0 Å². The van der Waals surface area contributed by atoms with E-state index in [2.05, 4.69) is 10.3 Å². The molecule has 0 fully saturated rings. The van der Waals surface area contributed by atoms with E-state index >= 15 is 0 Å². The maximum absolute atomic E-state index is 11.8. The lowest BCUT2D eigenvalue weighted by molar-refractivity contribution is 0.158. The van der Waals surface area contributed by atoms with E-state index in [1.807, 2.05) is 19.1 Å².